The average Bonchev–Trinajstić information content (AvgIpc) is 1.88. The summed E-state index contributed by atoms with van der Waals surface area (Å²) < 4.78 is 10.7. The molecular formula is C5H9NO3S. The van der Waals surface area contributed by atoms with Gasteiger partial charge < -0.3 is 10.0 Å². The molecule has 10 heavy (non-hydrogen) atoms. The summed E-state index contributed by atoms with van der Waals surface area (Å²) in [6, 6.07) is 0. The zero-order valence-corrected chi connectivity index (χ0v) is 6.26. The molecule has 1 amide bonds. The van der Waals surface area contributed by atoms with Crippen LogP contribution in [0.5, 0.6) is 0 Å². The molecule has 1 aliphatic heterocycles. The fraction of sp³-hybridized carbons (Fsp3) is 0.800. The van der Waals surface area contributed by atoms with Gasteiger partial charge in [-0.3, -0.25) is 4.21 Å². The van der Waals surface area contributed by atoms with Crippen molar-refractivity contribution >= 4 is 16.9 Å². The van der Waals surface area contributed by atoms with Gasteiger partial charge in [0.05, 0.1) is 0 Å². The Morgan fingerprint density at radius 2 is 1.90 bits per heavy atom. The molecular weight excluding hydrogens is 154 g/mol. The molecule has 0 spiro atoms. The smallest absolute Gasteiger partial charge is 0.407 e. The lowest BCUT2D eigenvalue weighted by atomic mass is 10.5. The maximum absolute atomic E-state index is 10.7. The maximum Gasteiger partial charge on any atom is 0.407 e. The standard InChI is InChI=1S/C5H9NO3S/c7-5(8)6-1-3-10(9)4-2-6/h1-4H2,(H,7,8). The van der Waals surface area contributed by atoms with Crippen LogP contribution in [0.15, 0.2) is 0 Å². The molecule has 0 atom stereocenters. The second-order valence-corrected chi connectivity index (χ2v) is 3.81. The van der Waals surface area contributed by atoms with Crippen molar-refractivity contribution in [2.24, 2.45) is 0 Å². The van der Waals surface area contributed by atoms with Crippen LogP contribution in [0.4, 0.5) is 4.79 Å². The van der Waals surface area contributed by atoms with Crippen LogP contribution in [-0.4, -0.2) is 44.9 Å². The Morgan fingerprint density at radius 3 is 2.30 bits per heavy atom. The number of rotatable bonds is 0. The van der Waals surface area contributed by atoms with E-state index in [4.69, 9.17) is 5.11 Å². The summed E-state index contributed by atoms with van der Waals surface area (Å²) in [5.74, 6) is 0.985. The van der Waals surface area contributed by atoms with Gasteiger partial charge >= 0.3 is 6.09 Å². The molecule has 0 aromatic heterocycles. The first-order valence-electron chi connectivity index (χ1n) is 3.03. The first kappa shape index (κ1) is 7.53. The molecule has 1 aliphatic rings. The normalized spacial score (nSPS) is 21.0. The number of hydrogen-bond donors (Lipinski definition) is 1. The molecule has 1 saturated heterocycles. The molecule has 0 unspecified atom stereocenters. The van der Waals surface area contributed by atoms with Gasteiger partial charge in [0.25, 0.3) is 0 Å². The van der Waals surface area contributed by atoms with Crippen molar-refractivity contribution in [2.45, 2.75) is 0 Å². The van der Waals surface area contributed by atoms with Crippen LogP contribution in [0.2, 0.25) is 0 Å². The maximum atomic E-state index is 10.7. The number of amides is 1. The van der Waals surface area contributed by atoms with Crippen molar-refractivity contribution in [3.05, 3.63) is 0 Å². The largest absolute Gasteiger partial charge is 0.465 e. The third-order valence-electron chi connectivity index (χ3n) is 1.45. The molecule has 58 valence electrons. The Hall–Kier alpha value is -0.580. The van der Waals surface area contributed by atoms with E-state index in [-0.39, 0.29) is 0 Å². The van der Waals surface area contributed by atoms with E-state index in [9.17, 15) is 9.00 Å². The summed E-state index contributed by atoms with van der Waals surface area (Å²) in [4.78, 5) is 11.6. The first-order chi connectivity index (χ1) is 4.70. The zero-order chi connectivity index (χ0) is 7.56. The van der Waals surface area contributed by atoms with Gasteiger partial charge in [0.15, 0.2) is 0 Å². The van der Waals surface area contributed by atoms with Crippen molar-refractivity contribution in [2.75, 3.05) is 24.6 Å². The Kier molecular flexibility index (Phi) is 2.26. The highest BCUT2D eigenvalue weighted by atomic mass is 32.2. The molecule has 1 N–H and O–H groups in total. The second-order valence-electron chi connectivity index (χ2n) is 2.12. The number of carboxylic acid groups (broad SMARTS) is 1. The highest BCUT2D eigenvalue weighted by Crippen LogP contribution is 1.99. The third kappa shape index (κ3) is 1.70. The lowest BCUT2D eigenvalue weighted by Crippen LogP contribution is -2.40. The first-order valence-corrected chi connectivity index (χ1v) is 4.52. The van der Waals surface area contributed by atoms with Crippen molar-refractivity contribution in [3.63, 3.8) is 0 Å². The van der Waals surface area contributed by atoms with Crippen molar-refractivity contribution in [3.8, 4) is 0 Å². The van der Waals surface area contributed by atoms with Crippen LogP contribution in [0.1, 0.15) is 0 Å². The van der Waals surface area contributed by atoms with Crippen LogP contribution in [0, 0.1) is 0 Å². The van der Waals surface area contributed by atoms with Crippen molar-refractivity contribution in [1.29, 1.82) is 0 Å². The van der Waals surface area contributed by atoms with E-state index in [0.29, 0.717) is 24.6 Å². The second kappa shape index (κ2) is 3.01. The van der Waals surface area contributed by atoms with E-state index in [1.54, 1.807) is 0 Å². The highest BCUT2D eigenvalue weighted by molar-refractivity contribution is 7.85. The summed E-state index contributed by atoms with van der Waals surface area (Å²) in [6.07, 6.45) is -0.906. The minimum absolute atomic E-state index is 0.419. The van der Waals surface area contributed by atoms with Crippen LogP contribution in [0.3, 0.4) is 0 Å². The van der Waals surface area contributed by atoms with E-state index in [2.05, 4.69) is 0 Å². The Morgan fingerprint density at radius 1 is 1.40 bits per heavy atom. The quantitative estimate of drug-likeness (QED) is 0.534. The Balaban J connectivity index is 2.40. The Bertz CT molecular complexity index is 160. The molecule has 0 aromatic rings. The van der Waals surface area contributed by atoms with Crippen LogP contribution >= 0.6 is 0 Å². The van der Waals surface area contributed by atoms with Crippen LogP contribution in [0.25, 0.3) is 0 Å². The summed E-state index contributed by atoms with van der Waals surface area (Å²) in [7, 11) is -0.782. The SMILES string of the molecule is O=C(O)N1CCS(=O)CC1. The van der Waals surface area contributed by atoms with Gasteiger partial charge in [0.1, 0.15) is 0 Å². The van der Waals surface area contributed by atoms with Gasteiger partial charge in [-0.05, 0) is 0 Å². The Labute approximate surface area is 61.3 Å². The lowest BCUT2D eigenvalue weighted by Gasteiger charge is -2.22. The summed E-state index contributed by atoms with van der Waals surface area (Å²) in [6.45, 7) is 0.837. The van der Waals surface area contributed by atoms with E-state index in [1.807, 2.05) is 0 Å². The van der Waals surface area contributed by atoms with Gasteiger partial charge in [-0.25, -0.2) is 4.79 Å². The van der Waals surface area contributed by atoms with Crippen LogP contribution < -0.4 is 0 Å². The summed E-state index contributed by atoms with van der Waals surface area (Å²) >= 11 is 0. The number of carbonyl (C=O) groups is 1. The summed E-state index contributed by atoms with van der Waals surface area (Å²) in [5, 5.41) is 8.45. The molecule has 0 saturated carbocycles. The number of hydrogen-bond acceptors (Lipinski definition) is 2. The summed E-state index contributed by atoms with van der Waals surface area (Å²) in [5.41, 5.74) is 0. The minimum atomic E-state index is -0.906. The fourth-order valence-corrected chi connectivity index (χ4v) is 1.88. The molecule has 0 aliphatic carbocycles. The zero-order valence-electron chi connectivity index (χ0n) is 5.45. The average molecular weight is 163 g/mol. The molecule has 1 heterocycles. The van der Waals surface area contributed by atoms with Gasteiger partial charge in [0, 0.05) is 35.4 Å². The number of nitrogens with zero attached hydrogens (tertiary/aromatic N) is 1. The van der Waals surface area contributed by atoms with Crippen LogP contribution in [-0.2, 0) is 10.8 Å². The predicted molar refractivity (Wildman–Crippen MR) is 37.5 cm³/mol. The van der Waals surface area contributed by atoms with Gasteiger partial charge in [-0.15, -0.1) is 0 Å². The molecule has 1 rings (SSSR count). The molecule has 1 fully saturated rings. The van der Waals surface area contributed by atoms with Gasteiger partial charge in [-0.1, -0.05) is 0 Å². The predicted octanol–water partition coefficient (Wildman–Crippen LogP) is -0.271. The fourth-order valence-electron chi connectivity index (χ4n) is 0.829. The lowest BCUT2D eigenvalue weighted by molar-refractivity contribution is 0.149. The van der Waals surface area contributed by atoms with E-state index < -0.39 is 16.9 Å². The molecule has 4 nitrogen and oxygen atoms in total. The van der Waals surface area contributed by atoms with E-state index in [1.165, 1.54) is 4.90 Å². The minimum Gasteiger partial charge on any atom is -0.465 e. The topological polar surface area (TPSA) is 57.6 Å². The van der Waals surface area contributed by atoms with Gasteiger partial charge in [0.2, 0.25) is 0 Å². The highest BCUT2D eigenvalue weighted by Gasteiger charge is 2.18. The van der Waals surface area contributed by atoms with Crippen molar-refractivity contribution < 1.29 is 14.1 Å². The van der Waals surface area contributed by atoms with Gasteiger partial charge in [-0.2, -0.15) is 0 Å². The molecule has 0 aromatic carbocycles. The van der Waals surface area contributed by atoms with E-state index >= 15 is 0 Å². The molecule has 5 heteroatoms. The third-order valence-corrected chi connectivity index (χ3v) is 2.72. The molecule has 0 radical (unpaired) electrons. The van der Waals surface area contributed by atoms with E-state index in [0.717, 1.165) is 0 Å². The van der Waals surface area contributed by atoms with Crippen molar-refractivity contribution in [1.82, 2.24) is 4.90 Å². The monoisotopic (exact) mass is 163 g/mol. The molecule has 0 bridgehead atoms.